The summed E-state index contributed by atoms with van der Waals surface area (Å²) >= 11 is 0. The van der Waals surface area contributed by atoms with Gasteiger partial charge in [0.25, 0.3) is 11.8 Å². The van der Waals surface area contributed by atoms with Crippen molar-refractivity contribution >= 4 is 29.7 Å². The molecule has 5 amide bonds. The van der Waals surface area contributed by atoms with Crippen molar-refractivity contribution in [2.75, 3.05) is 6.54 Å². The first kappa shape index (κ1) is 25.9. The van der Waals surface area contributed by atoms with E-state index in [1.54, 1.807) is 13.8 Å². The summed E-state index contributed by atoms with van der Waals surface area (Å²) in [6, 6.07) is -2.09. The zero-order valence-corrected chi connectivity index (χ0v) is 17.2. The number of primary amides is 1. The number of rotatable bonds is 11. The maximum Gasteiger partial charge on any atom is 0.405 e. The standard InChI is InChI=1S/C18H31N5O6/c1-6-14(25)23(8-7-13(19)24)22-16(26)12(9-10(2)3)20-17(27)15(11(4)5)21-18(28)29/h6,10-12,15,21H,1,7-9H2,2-5H3,(H2,19,24)(H,20,27)(H,22,26)(H,28,29). The molecule has 0 saturated carbocycles. The lowest BCUT2D eigenvalue weighted by atomic mass is 10.00. The summed E-state index contributed by atoms with van der Waals surface area (Å²) in [7, 11) is 0. The molecule has 164 valence electrons. The van der Waals surface area contributed by atoms with Crippen LogP contribution in [0.1, 0.15) is 40.5 Å². The highest BCUT2D eigenvalue weighted by atomic mass is 16.4. The Kier molecular flexibility index (Phi) is 11.0. The fourth-order valence-electron chi connectivity index (χ4n) is 2.40. The van der Waals surface area contributed by atoms with Crippen molar-refractivity contribution < 1.29 is 29.1 Å². The van der Waals surface area contributed by atoms with Crippen molar-refractivity contribution in [3.05, 3.63) is 12.7 Å². The Bertz CT molecular complexity index is 634. The number of amides is 5. The predicted molar refractivity (Wildman–Crippen MR) is 105 cm³/mol. The second-order valence-electron chi connectivity index (χ2n) is 7.25. The molecule has 2 atom stereocenters. The third-order valence-electron chi connectivity index (χ3n) is 3.84. The van der Waals surface area contributed by atoms with Crippen molar-refractivity contribution in [2.24, 2.45) is 17.6 Å². The van der Waals surface area contributed by atoms with Crippen molar-refractivity contribution in [1.82, 2.24) is 21.1 Å². The van der Waals surface area contributed by atoms with Crippen LogP contribution in [-0.4, -0.2) is 58.5 Å². The minimum atomic E-state index is -1.36. The molecule has 11 nitrogen and oxygen atoms in total. The molecule has 0 bridgehead atoms. The van der Waals surface area contributed by atoms with Gasteiger partial charge < -0.3 is 21.5 Å². The third-order valence-corrected chi connectivity index (χ3v) is 3.84. The first-order valence-electron chi connectivity index (χ1n) is 9.21. The van der Waals surface area contributed by atoms with E-state index < -0.39 is 41.8 Å². The number of nitrogens with two attached hydrogens (primary N) is 1. The van der Waals surface area contributed by atoms with Crippen LogP contribution < -0.4 is 21.8 Å². The Hall–Kier alpha value is -3.11. The Morgan fingerprint density at radius 2 is 1.66 bits per heavy atom. The normalized spacial score (nSPS) is 12.6. The van der Waals surface area contributed by atoms with Crippen LogP contribution in [0.15, 0.2) is 12.7 Å². The smallest absolute Gasteiger partial charge is 0.405 e. The van der Waals surface area contributed by atoms with Crippen LogP contribution >= 0.6 is 0 Å². The largest absolute Gasteiger partial charge is 0.465 e. The molecule has 0 fully saturated rings. The SMILES string of the molecule is C=CC(=O)N(CCC(N)=O)NC(=O)C(CC(C)C)NC(=O)C(NC(=O)O)C(C)C. The van der Waals surface area contributed by atoms with Crippen LogP contribution in [0, 0.1) is 11.8 Å². The summed E-state index contributed by atoms with van der Waals surface area (Å²) in [4.78, 5) is 59.1. The second kappa shape index (κ2) is 12.4. The summed E-state index contributed by atoms with van der Waals surface area (Å²) in [6.07, 6.45) is -0.346. The number of nitrogens with one attached hydrogen (secondary N) is 3. The van der Waals surface area contributed by atoms with Crippen LogP contribution in [-0.2, 0) is 19.2 Å². The van der Waals surface area contributed by atoms with Gasteiger partial charge in [0.05, 0.1) is 6.54 Å². The molecule has 0 aliphatic rings. The number of hydrogen-bond acceptors (Lipinski definition) is 5. The number of carboxylic acid groups (broad SMARTS) is 1. The minimum Gasteiger partial charge on any atom is -0.465 e. The van der Waals surface area contributed by atoms with E-state index in [1.165, 1.54) is 0 Å². The Morgan fingerprint density at radius 1 is 1.07 bits per heavy atom. The summed E-state index contributed by atoms with van der Waals surface area (Å²) in [5.41, 5.74) is 7.44. The lowest BCUT2D eigenvalue weighted by Crippen LogP contribution is -2.58. The molecule has 0 aliphatic carbocycles. The van der Waals surface area contributed by atoms with Gasteiger partial charge in [0.15, 0.2) is 0 Å². The molecular formula is C18H31N5O6. The molecule has 29 heavy (non-hydrogen) atoms. The number of hydrazine groups is 1. The minimum absolute atomic E-state index is 0.00478. The zero-order valence-electron chi connectivity index (χ0n) is 17.2. The molecular weight excluding hydrogens is 382 g/mol. The van der Waals surface area contributed by atoms with E-state index in [0.29, 0.717) is 0 Å². The van der Waals surface area contributed by atoms with Gasteiger partial charge in [0.1, 0.15) is 12.1 Å². The third kappa shape index (κ3) is 10.1. The monoisotopic (exact) mass is 413 g/mol. The average Bonchev–Trinajstić information content (AvgIpc) is 2.60. The van der Waals surface area contributed by atoms with Gasteiger partial charge >= 0.3 is 6.09 Å². The molecule has 0 aromatic carbocycles. The Labute approximate surface area is 170 Å². The summed E-state index contributed by atoms with van der Waals surface area (Å²) in [6.45, 7) is 10.2. The van der Waals surface area contributed by atoms with Crippen LogP contribution in [0.3, 0.4) is 0 Å². The van der Waals surface area contributed by atoms with Crippen LogP contribution in [0.5, 0.6) is 0 Å². The first-order valence-corrected chi connectivity index (χ1v) is 9.21. The van der Waals surface area contributed by atoms with E-state index in [1.807, 2.05) is 13.8 Å². The average molecular weight is 413 g/mol. The molecule has 0 aromatic rings. The van der Waals surface area contributed by atoms with E-state index in [9.17, 15) is 24.0 Å². The van der Waals surface area contributed by atoms with Gasteiger partial charge in [-0.3, -0.25) is 24.6 Å². The van der Waals surface area contributed by atoms with Gasteiger partial charge in [-0.2, -0.15) is 0 Å². The van der Waals surface area contributed by atoms with Crippen molar-refractivity contribution in [3.63, 3.8) is 0 Å². The maximum atomic E-state index is 12.7. The van der Waals surface area contributed by atoms with Gasteiger partial charge in [0.2, 0.25) is 11.8 Å². The van der Waals surface area contributed by atoms with Gasteiger partial charge in [-0.05, 0) is 24.3 Å². The second-order valence-corrected chi connectivity index (χ2v) is 7.25. The predicted octanol–water partition coefficient (Wildman–Crippen LogP) is -0.269. The van der Waals surface area contributed by atoms with Crippen LogP contribution in [0.25, 0.3) is 0 Å². The van der Waals surface area contributed by atoms with Crippen molar-refractivity contribution in [1.29, 1.82) is 0 Å². The summed E-state index contributed by atoms with van der Waals surface area (Å²) in [5, 5.41) is 14.5. The molecule has 0 spiro atoms. The highest BCUT2D eigenvalue weighted by Gasteiger charge is 2.30. The number of nitrogens with zero attached hydrogens (tertiary/aromatic N) is 1. The van der Waals surface area contributed by atoms with E-state index in [-0.39, 0.29) is 31.2 Å². The highest BCUT2D eigenvalue weighted by molar-refractivity contribution is 5.93. The van der Waals surface area contributed by atoms with Crippen molar-refractivity contribution in [3.8, 4) is 0 Å². The van der Waals surface area contributed by atoms with Crippen molar-refractivity contribution in [2.45, 2.75) is 52.6 Å². The van der Waals surface area contributed by atoms with E-state index in [4.69, 9.17) is 10.8 Å². The van der Waals surface area contributed by atoms with Gasteiger partial charge in [-0.25, -0.2) is 9.80 Å². The lowest BCUT2D eigenvalue weighted by molar-refractivity contribution is -0.140. The molecule has 0 heterocycles. The molecule has 0 rings (SSSR count). The van der Waals surface area contributed by atoms with Gasteiger partial charge in [0, 0.05) is 6.42 Å². The first-order chi connectivity index (χ1) is 13.4. The van der Waals surface area contributed by atoms with E-state index >= 15 is 0 Å². The Balaban J connectivity index is 5.40. The number of carbonyl (C=O) groups is 5. The fraction of sp³-hybridized carbons (Fsp3) is 0.611. The maximum absolute atomic E-state index is 12.7. The zero-order chi connectivity index (χ0) is 22.7. The number of hydrogen-bond donors (Lipinski definition) is 5. The topological polar surface area (TPSA) is 171 Å². The highest BCUT2D eigenvalue weighted by Crippen LogP contribution is 2.08. The van der Waals surface area contributed by atoms with Gasteiger partial charge in [-0.15, -0.1) is 0 Å². The number of carbonyl (C=O) groups excluding carboxylic acids is 4. The summed E-state index contributed by atoms with van der Waals surface area (Å²) < 4.78 is 0. The Morgan fingerprint density at radius 3 is 2.07 bits per heavy atom. The molecule has 6 N–H and O–H groups in total. The van der Waals surface area contributed by atoms with Gasteiger partial charge in [-0.1, -0.05) is 34.3 Å². The molecule has 2 unspecified atom stereocenters. The molecule has 0 aromatic heterocycles. The quantitative estimate of drug-likeness (QED) is 0.230. The van der Waals surface area contributed by atoms with E-state index in [2.05, 4.69) is 22.6 Å². The fourth-order valence-corrected chi connectivity index (χ4v) is 2.40. The van der Waals surface area contributed by atoms with E-state index in [0.717, 1.165) is 11.1 Å². The molecule has 0 saturated heterocycles. The molecule has 11 heteroatoms. The van der Waals surface area contributed by atoms with Crippen LogP contribution in [0.2, 0.25) is 0 Å². The van der Waals surface area contributed by atoms with Crippen LogP contribution in [0.4, 0.5) is 4.79 Å². The molecule has 0 aliphatic heterocycles. The summed E-state index contributed by atoms with van der Waals surface area (Å²) in [5.74, 6) is -3.02. The lowest BCUT2D eigenvalue weighted by Gasteiger charge is -2.28. The molecule has 0 radical (unpaired) electrons.